The molecule has 0 saturated heterocycles. The quantitative estimate of drug-likeness (QED) is 0.695. The number of carbonyl (C=O) groups is 1. The Labute approximate surface area is 82.7 Å². The molecule has 0 bridgehead atoms. The number of hydrogen-bond acceptors (Lipinski definition) is 2. The van der Waals surface area contributed by atoms with E-state index in [1.54, 1.807) is 19.9 Å². The van der Waals surface area contributed by atoms with Gasteiger partial charge in [-0.3, -0.25) is 4.79 Å². The second kappa shape index (κ2) is 4.22. The van der Waals surface area contributed by atoms with Crippen molar-refractivity contribution in [2.45, 2.75) is 20.8 Å². The largest absolute Gasteiger partial charge is 0.493 e. The second-order valence-electron chi connectivity index (χ2n) is 3.11. The molecular formula is C11H13FO2. The van der Waals surface area contributed by atoms with Gasteiger partial charge in [0.1, 0.15) is 11.6 Å². The van der Waals surface area contributed by atoms with Gasteiger partial charge in [0.2, 0.25) is 0 Å². The standard InChI is InChI=1S/C11H13FO2/c1-4-14-10-6-7(2)5-9(12)11(10)8(3)13/h5-6H,4H2,1-3H3. The average molecular weight is 196 g/mol. The smallest absolute Gasteiger partial charge is 0.166 e. The van der Waals surface area contributed by atoms with Crippen LogP contribution in [0.5, 0.6) is 5.75 Å². The summed E-state index contributed by atoms with van der Waals surface area (Å²) >= 11 is 0. The molecular weight excluding hydrogens is 183 g/mol. The van der Waals surface area contributed by atoms with Crippen molar-refractivity contribution in [3.05, 3.63) is 29.1 Å². The fraction of sp³-hybridized carbons (Fsp3) is 0.364. The molecule has 0 radical (unpaired) electrons. The molecule has 0 fully saturated rings. The minimum atomic E-state index is -0.513. The zero-order valence-electron chi connectivity index (χ0n) is 8.56. The third-order valence-electron chi connectivity index (χ3n) is 1.85. The van der Waals surface area contributed by atoms with Gasteiger partial charge in [0.25, 0.3) is 0 Å². The van der Waals surface area contributed by atoms with Crippen LogP contribution in [0.25, 0.3) is 0 Å². The molecule has 3 heteroatoms. The van der Waals surface area contributed by atoms with Crippen molar-refractivity contribution in [2.75, 3.05) is 6.61 Å². The number of benzene rings is 1. The van der Waals surface area contributed by atoms with E-state index in [1.165, 1.54) is 13.0 Å². The summed E-state index contributed by atoms with van der Waals surface area (Å²) in [4.78, 5) is 11.2. The summed E-state index contributed by atoms with van der Waals surface area (Å²) in [7, 11) is 0. The van der Waals surface area contributed by atoms with Crippen molar-refractivity contribution in [3.8, 4) is 5.75 Å². The van der Waals surface area contributed by atoms with Gasteiger partial charge in [0.05, 0.1) is 12.2 Å². The summed E-state index contributed by atoms with van der Waals surface area (Å²) in [5.74, 6) is -0.496. The number of carbonyl (C=O) groups excluding carboxylic acids is 1. The first kappa shape index (κ1) is 10.7. The van der Waals surface area contributed by atoms with Crippen molar-refractivity contribution in [1.82, 2.24) is 0 Å². The van der Waals surface area contributed by atoms with E-state index in [0.29, 0.717) is 12.4 Å². The first-order valence-corrected chi connectivity index (χ1v) is 4.50. The predicted octanol–water partition coefficient (Wildman–Crippen LogP) is 2.74. The van der Waals surface area contributed by atoms with Crippen molar-refractivity contribution < 1.29 is 13.9 Å². The van der Waals surface area contributed by atoms with Gasteiger partial charge < -0.3 is 4.74 Å². The third-order valence-corrected chi connectivity index (χ3v) is 1.85. The Morgan fingerprint density at radius 2 is 2.14 bits per heavy atom. The maximum atomic E-state index is 13.4. The molecule has 0 amide bonds. The summed E-state index contributed by atoms with van der Waals surface area (Å²) in [6, 6.07) is 3.00. The first-order chi connectivity index (χ1) is 6.56. The first-order valence-electron chi connectivity index (χ1n) is 4.50. The Bertz CT molecular complexity index is 359. The van der Waals surface area contributed by atoms with Gasteiger partial charge in [-0.15, -0.1) is 0 Å². The Balaban J connectivity index is 3.28. The molecule has 14 heavy (non-hydrogen) atoms. The van der Waals surface area contributed by atoms with Crippen LogP contribution in [0, 0.1) is 12.7 Å². The molecule has 0 atom stereocenters. The number of ketones is 1. The van der Waals surface area contributed by atoms with Crippen LogP contribution in [0.3, 0.4) is 0 Å². The Morgan fingerprint density at radius 1 is 1.50 bits per heavy atom. The second-order valence-corrected chi connectivity index (χ2v) is 3.11. The molecule has 0 aliphatic rings. The average Bonchev–Trinajstić information content (AvgIpc) is 2.01. The maximum absolute atomic E-state index is 13.4. The molecule has 1 aromatic rings. The number of ether oxygens (including phenoxy) is 1. The molecule has 0 saturated carbocycles. The lowest BCUT2D eigenvalue weighted by molar-refractivity contribution is 0.101. The van der Waals surface area contributed by atoms with Crippen LogP contribution in [0.2, 0.25) is 0 Å². The van der Waals surface area contributed by atoms with E-state index in [9.17, 15) is 9.18 Å². The van der Waals surface area contributed by atoms with E-state index in [-0.39, 0.29) is 11.3 Å². The number of Topliss-reactive ketones (excluding diaryl/α,β-unsaturated/α-hetero) is 1. The van der Waals surface area contributed by atoms with Crippen LogP contribution >= 0.6 is 0 Å². The fourth-order valence-corrected chi connectivity index (χ4v) is 1.32. The highest BCUT2D eigenvalue weighted by Gasteiger charge is 2.14. The highest BCUT2D eigenvalue weighted by molar-refractivity contribution is 5.97. The fourth-order valence-electron chi connectivity index (χ4n) is 1.32. The van der Waals surface area contributed by atoms with Gasteiger partial charge >= 0.3 is 0 Å². The van der Waals surface area contributed by atoms with Crippen LogP contribution in [-0.2, 0) is 0 Å². The molecule has 0 aliphatic carbocycles. The topological polar surface area (TPSA) is 26.3 Å². The molecule has 0 aliphatic heterocycles. The monoisotopic (exact) mass is 196 g/mol. The normalized spacial score (nSPS) is 10.0. The molecule has 1 aromatic carbocycles. The number of halogens is 1. The van der Waals surface area contributed by atoms with Crippen LogP contribution in [0.15, 0.2) is 12.1 Å². The lowest BCUT2D eigenvalue weighted by Gasteiger charge is -2.09. The van der Waals surface area contributed by atoms with E-state index in [1.807, 2.05) is 0 Å². The Kier molecular flexibility index (Phi) is 3.23. The summed E-state index contributed by atoms with van der Waals surface area (Å²) in [6.45, 7) is 5.30. The number of rotatable bonds is 3. The molecule has 0 unspecified atom stereocenters. The minimum Gasteiger partial charge on any atom is -0.493 e. The molecule has 0 spiro atoms. The van der Waals surface area contributed by atoms with Crippen molar-refractivity contribution in [3.63, 3.8) is 0 Å². The highest BCUT2D eigenvalue weighted by Crippen LogP contribution is 2.24. The molecule has 1 rings (SSSR count). The van der Waals surface area contributed by atoms with E-state index in [2.05, 4.69) is 0 Å². The molecule has 0 N–H and O–H groups in total. The van der Waals surface area contributed by atoms with Crippen LogP contribution in [0.1, 0.15) is 29.8 Å². The van der Waals surface area contributed by atoms with Gasteiger partial charge in [-0.1, -0.05) is 0 Å². The molecule has 2 nitrogen and oxygen atoms in total. The van der Waals surface area contributed by atoms with Gasteiger partial charge in [0.15, 0.2) is 5.78 Å². The predicted molar refractivity (Wildman–Crippen MR) is 52.3 cm³/mol. The zero-order valence-corrected chi connectivity index (χ0v) is 8.56. The highest BCUT2D eigenvalue weighted by atomic mass is 19.1. The summed E-state index contributed by atoms with van der Waals surface area (Å²) in [5, 5.41) is 0. The lowest BCUT2D eigenvalue weighted by Crippen LogP contribution is -2.04. The van der Waals surface area contributed by atoms with Gasteiger partial charge in [-0.25, -0.2) is 4.39 Å². The van der Waals surface area contributed by atoms with Gasteiger partial charge in [-0.2, -0.15) is 0 Å². The van der Waals surface area contributed by atoms with Crippen LogP contribution in [-0.4, -0.2) is 12.4 Å². The molecule has 0 heterocycles. The number of hydrogen-bond donors (Lipinski definition) is 0. The lowest BCUT2D eigenvalue weighted by atomic mass is 10.1. The van der Waals surface area contributed by atoms with E-state index in [4.69, 9.17) is 4.74 Å². The summed E-state index contributed by atoms with van der Waals surface area (Å²) < 4.78 is 18.6. The Morgan fingerprint density at radius 3 is 2.64 bits per heavy atom. The van der Waals surface area contributed by atoms with Crippen LogP contribution < -0.4 is 4.74 Å². The SMILES string of the molecule is CCOc1cc(C)cc(F)c1C(C)=O. The van der Waals surface area contributed by atoms with Crippen molar-refractivity contribution in [2.24, 2.45) is 0 Å². The summed E-state index contributed by atoms with van der Waals surface area (Å²) in [5.41, 5.74) is 0.786. The zero-order chi connectivity index (χ0) is 10.7. The molecule has 0 aromatic heterocycles. The third kappa shape index (κ3) is 2.10. The Hall–Kier alpha value is -1.38. The van der Waals surface area contributed by atoms with Crippen molar-refractivity contribution in [1.29, 1.82) is 0 Å². The maximum Gasteiger partial charge on any atom is 0.166 e. The van der Waals surface area contributed by atoms with E-state index < -0.39 is 5.82 Å². The minimum absolute atomic E-state index is 0.0393. The van der Waals surface area contributed by atoms with Crippen LogP contribution in [0.4, 0.5) is 4.39 Å². The molecule has 76 valence electrons. The number of aryl methyl sites for hydroxylation is 1. The van der Waals surface area contributed by atoms with E-state index >= 15 is 0 Å². The summed E-state index contributed by atoms with van der Waals surface area (Å²) in [6.07, 6.45) is 0. The van der Waals surface area contributed by atoms with E-state index in [0.717, 1.165) is 5.56 Å². The van der Waals surface area contributed by atoms with Gasteiger partial charge in [-0.05, 0) is 38.5 Å². The van der Waals surface area contributed by atoms with Gasteiger partial charge in [0, 0.05) is 0 Å². The van der Waals surface area contributed by atoms with Crippen molar-refractivity contribution >= 4 is 5.78 Å².